The number of carbonyl (C=O) groups excluding carboxylic acids is 1. The first-order chi connectivity index (χ1) is 14.6. The minimum Gasteiger partial charge on any atom is -0.383 e. The Kier molecular flexibility index (Phi) is 5.88. The molecule has 0 spiro atoms. The lowest BCUT2D eigenvalue weighted by molar-refractivity contribution is 0.102. The molecule has 5 heteroatoms. The molecule has 1 aromatic heterocycles. The summed E-state index contributed by atoms with van der Waals surface area (Å²) in [4.78, 5) is 12.6. The van der Waals surface area contributed by atoms with Crippen molar-refractivity contribution in [2.45, 2.75) is 13.5 Å². The maximum absolute atomic E-state index is 12.6. The molecule has 0 aliphatic heterocycles. The summed E-state index contributed by atoms with van der Waals surface area (Å²) in [5, 5.41) is 4.44. The van der Waals surface area contributed by atoms with Crippen LogP contribution in [0.25, 0.3) is 22.2 Å². The van der Waals surface area contributed by atoms with E-state index in [1.807, 2.05) is 18.2 Å². The number of aromatic nitrogens is 1. The highest BCUT2D eigenvalue weighted by atomic mass is 35.5. The number of hydrogen-bond acceptors (Lipinski definition) is 2. The molecule has 4 nitrogen and oxygen atoms in total. The number of aryl methyl sites for hydroxylation is 1. The highest BCUT2D eigenvalue weighted by Gasteiger charge is 2.13. The summed E-state index contributed by atoms with van der Waals surface area (Å²) in [6.07, 6.45) is 0. The second-order valence-electron chi connectivity index (χ2n) is 7.25. The van der Waals surface area contributed by atoms with Crippen molar-refractivity contribution in [1.82, 2.24) is 4.57 Å². The number of nitrogens with zero attached hydrogens (tertiary/aromatic N) is 1. The van der Waals surface area contributed by atoms with Gasteiger partial charge in [0.05, 0.1) is 17.2 Å². The molecular weight excluding hydrogens is 396 g/mol. The fourth-order valence-electron chi connectivity index (χ4n) is 3.58. The van der Waals surface area contributed by atoms with Gasteiger partial charge in [-0.3, -0.25) is 4.79 Å². The van der Waals surface area contributed by atoms with E-state index in [1.54, 1.807) is 31.4 Å². The molecule has 1 heterocycles. The Morgan fingerprint density at radius 1 is 1.03 bits per heavy atom. The van der Waals surface area contributed by atoms with Crippen molar-refractivity contribution in [2.75, 3.05) is 19.0 Å². The second kappa shape index (κ2) is 8.74. The number of benzene rings is 3. The number of halogens is 1. The fourth-order valence-corrected chi connectivity index (χ4v) is 3.80. The Hall–Kier alpha value is -3.08. The van der Waals surface area contributed by atoms with Gasteiger partial charge in [0.1, 0.15) is 0 Å². The van der Waals surface area contributed by atoms with Crippen LogP contribution in [0.15, 0.2) is 72.8 Å². The van der Waals surface area contributed by atoms with Crippen molar-refractivity contribution in [2.24, 2.45) is 0 Å². The van der Waals surface area contributed by atoms with Crippen molar-refractivity contribution < 1.29 is 9.53 Å². The first-order valence-corrected chi connectivity index (χ1v) is 10.2. The van der Waals surface area contributed by atoms with E-state index < -0.39 is 0 Å². The van der Waals surface area contributed by atoms with Crippen molar-refractivity contribution in [3.8, 4) is 11.3 Å². The first kappa shape index (κ1) is 20.2. The molecule has 3 aromatic carbocycles. The Labute approximate surface area is 181 Å². The van der Waals surface area contributed by atoms with E-state index >= 15 is 0 Å². The van der Waals surface area contributed by atoms with Gasteiger partial charge in [-0.1, -0.05) is 53.6 Å². The van der Waals surface area contributed by atoms with Gasteiger partial charge in [-0.05, 0) is 48.9 Å². The number of anilines is 1. The summed E-state index contributed by atoms with van der Waals surface area (Å²) in [7, 11) is 1.71. The number of nitrogens with one attached hydrogen (secondary N) is 1. The first-order valence-electron chi connectivity index (χ1n) is 9.82. The van der Waals surface area contributed by atoms with E-state index in [0.29, 0.717) is 17.2 Å². The second-order valence-corrected chi connectivity index (χ2v) is 7.65. The quantitative estimate of drug-likeness (QED) is 0.407. The lowest BCUT2D eigenvalue weighted by Crippen LogP contribution is -2.12. The zero-order valence-electron chi connectivity index (χ0n) is 17.0. The minimum atomic E-state index is -0.225. The summed E-state index contributed by atoms with van der Waals surface area (Å²) in [5.74, 6) is -0.225. The average molecular weight is 419 g/mol. The molecule has 1 N–H and O–H groups in total. The number of methoxy groups -OCH3 is 1. The molecule has 0 radical (unpaired) electrons. The molecular formula is C25H23ClN2O2. The van der Waals surface area contributed by atoms with Crippen molar-refractivity contribution in [1.29, 1.82) is 0 Å². The average Bonchev–Trinajstić information content (AvgIpc) is 3.10. The van der Waals surface area contributed by atoms with Crippen LogP contribution in [0, 0.1) is 6.92 Å². The predicted octanol–water partition coefficient (Wildman–Crippen LogP) is 6.17. The molecule has 4 rings (SSSR count). The van der Waals surface area contributed by atoms with Crippen molar-refractivity contribution in [3.05, 3.63) is 88.9 Å². The monoisotopic (exact) mass is 418 g/mol. The van der Waals surface area contributed by atoms with Gasteiger partial charge in [0.15, 0.2) is 0 Å². The molecule has 152 valence electrons. The molecule has 0 fully saturated rings. The van der Waals surface area contributed by atoms with Gasteiger partial charge in [-0.2, -0.15) is 0 Å². The summed E-state index contributed by atoms with van der Waals surface area (Å²) in [6, 6.07) is 23.6. The summed E-state index contributed by atoms with van der Waals surface area (Å²) in [5.41, 5.74) is 5.77. The van der Waals surface area contributed by atoms with Crippen molar-refractivity contribution in [3.63, 3.8) is 0 Å². The van der Waals surface area contributed by atoms with Gasteiger partial charge in [-0.15, -0.1) is 0 Å². The van der Waals surface area contributed by atoms with Crippen LogP contribution in [-0.4, -0.2) is 24.2 Å². The lowest BCUT2D eigenvalue weighted by Gasteiger charge is -2.11. The fraction of sp³-hybridized carbons (Fsp3) is 0.160. The molecule has 0 unspecified atom stereocenters. The Balaban J connectivity index is 1.71. The van der Waals surface area contributed by atoms with Crippen LogP contribution in [0.4, 0.5) is 5.69 Å². The van der Waals surface area contributed by atoms with E-state index in [2.05, 4.69) is 47.1 Å². The van der Waals surface area contributed by atoms with Crippen LogP contribution >= 0.6 is 11.6 Å². The molecule has 0 aliphatic carbocycles. The topological polar surface area (TPSA) is 43.3 Å². The maximum Gasteiger partial charge on any atom is 0.257 e. The molecule has 1 amide bonds. The van der Waals surface area contributed by atoms with Gasteiger partial charge in [0.2, 0.25) is 0 Å². The van der Waals surface area contributed by atoms with Gasteiger partial charge >= 0.3 is 0 Å². The van der Waals surface area contributed by atoms with Crippen LogP contribution in [0.5, 0.6) is 0 Å². The highest BCUT2D eigenvalue weighted by molar-refractivity contribution is 6.34. The van der Waals surface area contributed by atoms with E-state index in [9.17, 15) is 4.79 Å². The smallest absolute Gasteiger partial charge is 0.257 e. The number of hydrogen-bond donors (Lipinski definition) is 1. The van der Waals surface area contributed by atoms with Gasteiger partial charge in [0, 0.05) is 35.9 Å². The molecule has 4 aromatic rings. The zero-order valence-corrected chi connectivity index (χ0v) is 17.7. The van der Waals surface area contributed by atoms with Gasteiger partial charge < -0.3 is 14.6 Å². The summed E-state index contributed by atoms with van der Waals surface area (Å²) >= 11 is 6.16. The minimum absolute atomic E-state index is 0.225. The van der Waals surface area contributed by atoms with E-state index in [0.717, 1.165) is 34.4 Å². The number of ether oxygens (including phenoxy) is 1. The third-order valence-electron chi connectivity index (χ3n) is 5.14. The molecule has 30 heavy (non-hydrogen) atoms. The highest BCUT2D eigenvalue weighted by Crippen LogP contribution is 2.30. The van der Waals surface area contributed by atoms with E-state index in [-0.39, 0.29) is 5.91 Å². The molecule has 0 bridgehead atoms. The third kappa shape index (κ3) is 4.11. The molecule has 0 aliphatic rings. The van der Waals surface area contributed by atoms with E-state index in [4.69, 9.17) is 16.3 Å². The third-order valence-corrected chi connectivity index (χ3v) is 5.47. The number of fused-ring (bicyclic) bond motifs is 1. The predicted molar refractivity (Wildman–Crippen MR) is 123 cm³/mol. The number of rotatable bonds is 6. The lowest BCUT2D eigenvalue weighted by atomic mass is 10.1. The molecule has 0 saturated carbocycles. The SMILES string of the molecule is COCCn1c(-c2ccc(C)cc2)cc2cc(NC(=O)c3ccccc3Cl)ccc21. The normalized spacial score (nSPS) is 11.0. The zero-order chi connectivity index (χ0) is 21.1. The van der Waals surface area contributed by atoms with E-state index in [1.165, 1.54) is 5.56 Å². The summed E-state index contributed by atoms with van der Waals surface area (Å²) < 4.78 is 7.57. The molecule has 0 atom stereocenters. The van der Waals surface area contributed by atoms with Crippen LogP contribution < -0.4 is 5.32 Å². The number of amides is 1. The van der Waals surface area contributed by atoms with Crippen molar-refractivity contribution >= 4 is 34.1 Å². The Morgan fingerprint density at radius 2 is 1.80 bits per heavy atom. The Bertz CT molecular complexity index is 1200. The van der Waals surface area contributed by atoms with Gasteiger partial charge in [-0.25, -0.2) is 0 Å². The van der Waals surface area contributed by atoms with Crippen LogP contribution in [0.1, 0.15) is 15.9 Å². The van der Waals surface area contributed by atoms with Crippen LogP contribution in [0.2, 0.25) is 5.02 Å². The number of carbonyl (C=O) groups is 1. The standard InChI is InChI=1S/C25H23ClN2O2/c1-17-7-9-18(10-8-17)24-16-19-15-20(11-12-23(19)28(24)13-14-30-2)27-25(29)21-5-3-4-6-22(21)26/h3-12,15-16H,13-14H2,1-2H3,(H,27,29). The largest absolute Gasteiger partial charge is 0.383 e. The maximum atomic E-state index is 12.6. The molecule has 0 saturated heterocycles. The Morgan fingerprint density at radius 3 is 2.53 bits per heavy atom. The van der Waals surface area contributed by atoms with Crippen LogP contribution in [0.3, 0.4) is 0 Å². The van der Waals surface area contributed by atoms with Gasteiger partial charge in [0.25, 0.3) is 5.91 Å². The summed E-state index contributed by atoms with van der Waals surface area (Å²) in [6.45, 7) is 3.44. The van der Waals surface area contributed by atoms with Crippen LogP contribution in [-0.2, 0) is 11.3 Å².